The van der Waals surface area contributed by atoms with Gasteiger partial charge in [0.15, 0.2) is 4.77 Å². The van der Waals surface area contributed by atoms with E-state index in [1.165, 1.54) is 22.8 Å². The summed E-state index contributed by atoms with van der Waals surface area (Å²) in [6.45, 7) is 1.72. The van der Waals surface area contributed by atoms with Gasteiger partial charge >= 0.3 is 0 Å². The summed E-state index contributed by atoms with van der Waals surface area (Å²) < 4.78 is 28.5. The van der Waals surface area contributed by atoms with Crippen molar-refractivity contribution in [2.75, 3.05) is 0 Å². The van der Waals surface area contributed by atoms with Crippen molar-refractivity contribution < 1.29 is 8.78 Å². The van der Waals surface area contributed by atoms with E-state index in [1.807, 2.05) is 0 Å². The Morgan fingerprint density at radius 1 is 1.27 bits per heavy atom. The Kier molecular flexibility index (Phi) is 2.40. The molecule has 0 atom stereocenters. The molecule has 0 fully saturated rings. The molecule has 0 radical (unpaired) electrons. The summed E-state index contributed by atoms with van der Waals surface area (Å²) in [6.07, 6.45) is 1.61. The van der Waals surface area contributed by atoms with Gasteiger partial charge in [-0.25, -0.2) is 8.78 Å². The number of aromatic nitrogens is 2. The zero-order valence-electron chi connectivity index (χ0n) is 7.92. The SMILES string of the molecule is Cc1c[nH]c(=S)n1-c1c(F)cccc1F. The number of benzene rings is 1. The second-order valence-corrected chi connectivity index (χ2v) is 3.53. The van der Waals surface area contributed by atoms with Crippen LogP contribution in [0.2, 0.25) is 0 Å². The molecule has 78 valence electrons. The lowest BCUT2D eigenvalue weighted by atomic mass is 10.3. The van der Waals surface area contributed by atoms with Crippen LogP contribution in [0.1, 0.15) is 5.69 Å². The van der Waals surface area contributed by atoms with Crippen molar-refractivity contribution in [1.82, 2.24) is 9.55 Å². The number of aryl methyl sites for hydroxylation is 1. The van der Waals surface area contributed by atoms with Gasteiger partial charge in [0.25, 0.3) is 0 Å². The summed E-state index contributed by atoms with van der Waals surface area (Å²) in [4.78, 5) is 2.73. The van der Waals surface area contributed by atoms with Crippen LogP contribution in [-0.4, -0.2) is 9.55 Å². The molecule has 2 rings (SSSR count). The quantitative estimate of drug-likeness (QED) is 0.741. The normalized spacial score (nSPS) is 10.6. The van der Waals surface area contributed by atoms with E-state index in [0.717, 1.165) is 0 Å². The molecule has 15 heavy (non-hydrogen) atoms. The Hall–Kier alpha value is -1.49. The number of aromatic amines is 1. The van der Waals surface area contributed by atoms with E-state index in [2.05, 4.69) is 4.98 Å². The average Bonchev–Trinajstić information content (AvgIpc) is 2.49. The third-order valence-electron chi connectivity index (χ3n) is 2.12. The zero-order valence-corrected chi connectivity index (χ0v) is 8.74. The minimum Gasteiger partial charge on any atom is -0.337 e. The van der Waals surface area contributed by atoms with Gasteiger partial charge in [0, 0.05) is 11.9 Å². The number of halogens is 2. The van der Waals surface area contributed by atoms with Crippen LogP contribution in [0.25, 0.3) is 5.69 Å². The van der Waals surface area contributed by atoms with Crippen LogP contribution in [0.5, 0.6) is 0 Å². The fraction of sp³-hybridized carbons (Fsp3) is 0.100. The van der Waals surface area contributed by atoms with E-state index in [4.69, 9.17) is 12.2 Å². The summed E-state index contributed by atoms with van der Waals surface area (Å²) in [6, 6.07) is 3.72. The number of hydrogen-bond donors (Lipinski definition) is 1. The summed E-state index contributed by atoms with van der Waals surface area (Å²) in [5.74, 6) is -1.26. The number of H-pyrrole nitrogens is 1. The molecule has 0 unspecified atom stereocenters. The first-order chi connectivity index (χ1) is 7.11. The Morgan fingerprint density at radius 2 is 1.87 bits per heavy atom. The smallest absolute Gasteiger partial charge is 0.182 e. The maximum atomic E-state index is 13.5. The van der Waals surface area contributed by atoms with Crippen LogP contribution in [-0.2, 0) is 0 Å². The summed E-state index contributed by atoms with van der Waals surface area (Å²) in [5.41, 5.74) is 0.519. The third-order valence-corrected chi connectivity index (χ3v) is 2.42. The van der Waals surface area contributed by atoms with Crippen LogP contribution in [0.3, 0.4) is 0 Å². The molecule has 1 N–H and O–H groups in total. The second-order valence-electron chi connectivity index (χ2n) is 3.14. The molecule has 1 aromatic carbocycles. The Balaban J connectivity index is 2.80. The Morgan fingerprint density at radius 3 is 2.33 bits per heavy atom. The van der Waals surface area contributed by atoms with Crippen molar-refractivity contribution in [2.24, 2.45) is 0 Å². The summed E-state index contributed by atoms with van der Waals surface area (Å²) >= 11 is 4.95. The lowest BCUT2D eigenvalue weighted by Gasteiger charge is -2.07. The number of para-hydroxylation sites is 1. The largest absolute Gasteiger partial charge is 0.337 e. The monoisotopic (exact) mass is 226 g/mol. The van der Waals surface area contributed by atoms with Crippen molar-refractivity contribution in [3.8, 4) is 5.69 Å². The van der Waals surface area contributed by atoms with Crippen LogP contribution in [0.15, 0.2) is 24.4 Å². The van der Waals surface area contributed by atoms with E-state index in [9.17, 15) is 8.78 Å². The number of hydrogen-bond acceptors (Lipinski definition) is 1. The van der Waals surface area contributed by atoms with Gasteiger partial charge in [-0.3, -0.25) is 4.57 Å². The van der Waals surface area contributed by atoms with Crippen LogP contribution in [0.4, 0.5) is 8.78 Å². The lowest BCUT2D eigenvalue weighted by Crippen LogP contribution is -2.03. The molecule has 0 saturated heterocycles. The molecule has 5 heteroatoms. The van der Waals surface area contributed by atoms with E-state index in [0.29, 0.717) is 5.69 Å². The van der Waals surface area contributed by atoms with E-state index in [1.54, 1.807) is 13.1 Å². The highest BCUT2D eigenvalue weighted by atomic mass is 32.1. The van der Waals surface area contributed by atoms with Gasteiger partial charge in [-0.2, -0.15) is 0 Å². The van der Waals surface area contributed by atoms with Gasteiger partial charge in [-0.15, -0.1) is 0 Å². The van der Waals surface area contributed by atoms with Crippen molar-refractivity contribution in [3.63, 3.8) is 0 Å². The summed E-state index contributed by atoms with van der Waals surface area (Å²) in [7, 11) is 0. The Bertz CT molecular complexity index is 537. The lowest BCUT2D eigenvalue weighted by molar-refractivity contribution is 0.566. The van der Waals surface area contributed by atoms with Crippen molar-refractivity contribution >= 4 is 12.2 Å². The number of rotatable bonds is 1. The zero-order chi connectivity index (χ0) is 11.0. The maximum Gasteiger partial charge on any atom is 0.182 e. The molecule has 2 nitrogen and oxygen atoms in total. The highest BCUT2D eigenvalue weighted by Crippen LogP contribution is 2.19. The molecule has 1 heterocycles. The van der Waals surface area contributed by atoms with E-state index in [-0.39, 0.29) is 10.5 Å². The van der Waals surface area contributed by atoms with Gasteiger partial charge in [-0.05, 0) is 31.3 Å². The van der Waals surface area contributed by atoms with Crippen LogP contribution >= 0.6 is 12.2 Å². The van der Waals surface area contributed by atoms with E-state index < -0.39 is 11.6 Å². The molecule has 2 aromatic rings. The van der Waals surface area contributed by atoms with Gasteiger partial charge in [0.1, 0.15) is 17.3 Å². The van der Waals surface area contributed by atoms with Gasteiger partial charge < -0.3 is 4.98 Å². The maximum absolute atomic E-state index is 13.5. The highest BCUT2D eigenvalue weighted by Gasteiger charge is 2.12. The predicted molar refractivity (Wildman–Crippen MR) is 55.6 cm³/mol. The first-order valence-corrected chi connectivity index (χ1v) is 4.73. The summed E-state index contributed by atoms with van der Waals surface area (Å²) in [5, 5.41) is 0. The first-order valence-electron chi connectivity index (χ1n) is 4.32. The molecule has 0 aliphatic carbocycles. The van der Waals surface area contributed by atoms with Crippen molar-refractivity contribution in [3.05, 3.63) is 46.5 Å². The number of nitrogens with zero attached hydrogens (tertiary/aromatic N) is 1. The molecule has 1 aromatic heterocycles. The highest BCUT2D eigenvalue weighted by molar-refractivity contribution is 7.71. The molecule has 0 saturated carbocycles. The minimum absolute atomic E-state index is 0.138. The Labute approximate surface area is 90.2 Å². The molecule has 0 aliphatic rings. The molecular weight excluding hydrogens is 218 g/mol. The first kappa shape index (κ1) is 10.0. The minimum atomic E-state index is -0.631. The topological polar surface area (TPSA) is 20.7 Å². The average molecular weight is 226 g/mol. The second kappa shape index (κ2) is 3.58. The van der Waals surface area contributed by atoms with Crippen LogP contribution < -0.4 is 0 Å². The van der Waals surface area contributed by atoms with Crippen molar-refractivity contribution in [2.45, 2.75) is 6.92 Å². The number of imidazole rings is 1. The molecule has 0 bridgehead atoms. The predicted octanol–water partition coefficient (Wildman–Crippen LogP) is 3.12. The fourth-order valence-corrected chi connectivity index (χ4v) is 1.73. The van der Waals surface area contributed by atoms with Crippen LogP contribution in [0, 0.1) is 23.3 Å². The molecule has 0 spiro atoms. The van der Waals surface area contributed by atoms with E-state index >= 15 is 0 Å². The van der Waals surface area contributed by atoms with Gasteiger partial charge in [0.05, 0.1) is 0 Å². The molecule has 0 aliphatic heterocycles. The number of nitrogens with one attached hydrogen (secondary N) is 1. The van der Waals surface area contributed by atoms with Gasteiger partial charge in [0.2, 0.25) is 0 Å². The van der Waals surface area contributed by atoms with Crippen molar-refractivity contribution in [1.29, 1.82) is 0 Å². The standard InChI is InChI=1S/C10H8F2N2S/c1-6-5-13-10(15)14(6)9-7(11)3-2-4-8(9)12/h2-5H,1H3,(H,13,15). The molecule has 0 amide bonds. The fourth-order valence-electron chi connectivity index (χ4n) is 1.44. The third kappa shape index (κ3) is 1.59. The molecular formula is C10H8F2N2S. The van der Waals surface area contributed by atoms with Gasteiger partial charge in [-0.1, -0.05) is 6.07 Å².